The van der Waals surface area contributed by atoms with Crippen LogP contribution in [0, 0.1) is 0 Å². The van der Waals surface area contributed by atoms with Gasteiger partial charge in [0.05, 0.1) is 10.6 Å². The monoisotopic (exact) mass is 619 g/mol. The van der Waals surface area contributed by atoms with Crippen molar-refractivity contribution < 1.29 is 18.0 Å². The zero-order valence-corrected chi connectivity index (χ0v) is 24.5. The van der Waals surface area contributed by atoms with Crippen LogP contribution in [-0.4, -0.2) is 44.8 Å². The molecule has 2 amide bonds. The molecule has 206 valence electrons. The van der Waals surface area contributed by atoms with Crippen molar-refractivity contribution in [3.05, 3.63) is 107 Å². The summed E-state index contributed by atoms with van der Waals surface area (Å²) in [6, 6.07) is 27.4. The number of nitrogens with zero attached hydrogens (tertiary/aromatic N) is 2. The summed E-state index contributed by atoms with van der Waals surface area (Å²) in [4.78, 5) is 28.8. The summed E-state index contributed by atoms with van der Waals surface area (Å²) < 4.78 is 29.0. The number of amides is 2. The van der Waals surface area contributed by atoms with E-state index in [1.165, 1.54) is 4.31 Å². The maximum Gasteiger partial charge on any atom is 0.265 e. The number of rotatable bonds is 10. The standard InChI is InChI=1S/C31H30BrN3O4S/c1-33-31(37)27(20-22-8-3-2-4-9-22)34(21-23-15-17-25(32)18-16-23)29(36)14-7-19-35-26-12-5-10-24-11-6-13-28(30(24)26)40(35,38)39/h2-6,8-13,15-18,27H,7,14,19-21H2,1H3,(H,33,37). The molecule has 5 rings (SSSR count). The molecule has 1 atom stereocenters. The highest BCUT2D eigenvalue weighted by molar-refractivity contribution is 9.10. The van der Waals surface area contributed by atoms with Gasteiger partial charge in [0.15, 0.2) is 0 Å². The van der Waals surface area contributed by atoms with E-state index in [1.807, 2.05) is 72.8 Å². The van der Waals surface area contributed by atoms with E-state index in [1.54, 1.807) is 30.1 Å². The summed E-state index contributed by atoms with van der Waals surface area (Å²) in [6.07, 6.45) is 0.767. The van der Waals surface area contributed by atoms with Crippen LogP contribution in [0.4, 0.5) is 5.69 Å². The molecule has 4 aromatic rings. The van der Waals surface area contributed by atoms with E-state index in [0.29, 0.717) is 23.4 Å². The minimum atomic E-state index is -3.70. The Hall–Kier alpha value is -3.69. The lowest BCUT2D eigenvalue weighted by Crippen LogP contribution is -2.49. The van der Waals surface area contributed by atoms with Gasteiger partial charge in [0.2, 0.25) is 11.8 Å². The molecule has 0 fully saturated rings. The third kappa shape index (κ3) is 5.62. The van der Waals surface area contributed by atoms with Crippen molar-refractivity contribution in [1.29, 1.82) is 0 Å². The highest BCUT2D eigenvalue weighted by Crippen LogP contribution is 2.42. The zero-order valence-electron chi connectivity index (χ0n) is 22.1. The van der Waals surface area contributed by atoms with Crippen LogP contribution in [0.5, 0.6) is 0 Å². The quantitative estimate of drug-likeness (QED) is 0.262. The molecule has 1 N–H and O–H groups in total. The molecule has 1 unspecified atom stereocenters. The lowest BCUT2D eigenvalue weighted by Gasteiger charge is -2.31. The summed E-state index contributed by atoms with van der Waals surface area (Å²) in [5.41, 5.74) is 2.47. The van der Waals surface area contributed by atoms with Crippen LogP contribution in [0.1, 0.15) is 24.0 Å². The first kappa shape index (κ1) is 27.9. The van der Waals surface area contributed by atoms with Gasteiger partial charge < -0.3 is 10.2 Å². The van der Waals surface area contributed by atoms with Crippen LogP contribution in [0.15, 0.2) is 100 Å². The molecule has 0 saturated carbocycles. The van der Waals surface area contributed by atoms with E-state index in [0.717, 1.165) is 26.4 Å². The predicted octanol–water partition coefficient (Wildman–Crippen LogP) is 5.28. The zero-order chi connectivity index (χ0) is 28.3. The third-order valence-corrected chi connectivity index (χ3v) is 9.60. The van der Waals surface area contributed by atoms with Crippen LogP contribution < -0.4 is 9.62 Å². The highest BCUT2D eigenvalue weighted by atomic mass is 79.9. The van der Waals surface area contributed by atoms with Gasteiger partial charge in [-0.3, -0.25) is 13.9 Å². The summed E-state index contributed by atoms with van der Waals surface area (Å²) in [5.74, 6) is -0.460. The number of anilines is 1. The second-order valence-electron chi connectivity index (χ2n) is 9.78. The van der Waals surface area contributed by atoms with Crippen molar-refractivity contribution in [2.24, 2.45) is 0 Å². The average molecular weight is 621 g/mol. The average Bonchev–Trinajstić information content (AvgIpc) is 3.19. The molecule has 1 aliphatic rings. The van der Waals surface area contributed by atoms with Crippen LogP contribution in [0.3, 0.4) is 0 Å². The predicted molar refractivity (Wildman–Crippen MR) is 160 cm³/mol. The number of sulfonamides is 1. The largest absolute Gasteiger partial charge is 0.357 e. The van der Waals surface area contributed by atoms with Crippen LogP contribution >= 0.6 is 15.9 Å². The summed E-state index contributed by atoms with van der Waals surface area (Å²) in [5, 5.41) is 4.31. The maximum atomic E-state index is 13.8. The Morgan fingerprint density at radius 2 is 1.60 bits per heavy atom. The van der Waals surface area contributed by atoms with E-state index in [2.05, 4.69) is 21.2 Å². The van der Waals surface area contributed by atoms with Crippen molar-refractivity contribution in [3.8, 4) is 0 Å². The van der Waals surface area contributed by atoms with E-state index >= 15 is 0 Å². The molecule has 0 aliphatic carbocycles. The number of benzene rings is 4. The van der Waals surface area contributed by atoms with Crippen molar-refractivity contribution in [2.75, 3.05) is 17.9 Å². The van der Waals surface area contributed by atoms with Gasteiger partial charge in [0.1, 0.15) is 6.04 Å². The minimum Gasteiger partial charge on any atom is -0.357 e. The molecule has 0 aromatic heterocycles. The summed E-state index contributed by atoms with van der Waals surface area (Å²) >= 11 is 3.45. The molecule has 1 heterocycles. The number of nitrogens with one attached hydrogen (secondary N) is 1. The smallest absolute Gasteiger partial charge is 0.265 e. The van der Waals surface area contributed by atoms with E-state index in [9.17, 15) is 18.0 Å². The molecule has 0 bridgehead atoms. The number of hydrogen-bond donors (Lipinski definition) is 1. The summed E-state index contributed by atoms with van der Waals surface area (Å²) in [6.45, 7) is 0.418. The number of halogens is 1. The topological polar surface area (TPSA) is 86.8 Å². The first-order valence-corrected chi connectivity index (χ1v) is 15.4. The van der Waals surface area contributed by atoms with Gasteiger partial charge in [-0.2, -0.15) is 0 Å². The molecular weight excluding hydrogens is 590 g/mol. The van der Waals surface area contributed by atoms with Gasteiger partial charge in [0.25, 0.3) is 10.0 Å². The van der Waals surface area contributed by atoms with Gasteiger partial charge >= 0.3 is 0 Å². The van der Waals surface area contributed by atoms with Crippen LogP contribution in [-0.2, 0) is 32.6 Å². The molecular formula is C31H30BrN3O4S. The fraction of sp³-hybridized carbons (Fsp3) is 0.226. The van der Waals surface area contributed by atoms with Gasteiger partial charge in [-0.25, -0.2) is 8.42 Å². The molecule has 9 heteroatoms. The lowest BCUT2D eigenvalue weighted by molar-refractivity contribution is -0.141. The van der Waals surface area contributed by atoms with Gasteiger partial charge in [-0.15, -0.1) is 0 Å². The minimum absolute atomic E-state index is 0.0944. The van der Waals surface area contributed by atoms with Crippen molar-refractivity contribution >= 4 is 54.2 Å². The van der Waals surface area contributed by atoms with Crippen LogP contribution in [0.25, 0.3) is 10.8 Å². The molecule has 7 nitrogen and oxygen atoms in total. The molecule has 40 heavy (non-hydrogen) atoms. The number of likely N-dealkylation sites (N-methyl/N-ethyl adjacent to an activating group) is 1. The second-order valence-corrected chi connectivity index (χ2v) is 12.5. The Balaban J connectivity index is 1.37. The normalized spacial score (nSPS) is 14.2. The first-order valence-electron chi connectivity index (χ1n) is 13.1. The van der Waals surface area contributed by atoms with Crippen molar-refractivity contribution in [1.82, 2.24) is 10.2 Å². The number of carbonyl (C=O) groups excluding carboxylic acids is 2. The van der Waals surface area contributed by atoms with Crippen molar-refractivity contribution in [3.63, 3.8) is 0 Å². The van der Waals surface area contributed by atoms with Gasteiger partial charge in [-0.05, 0) is 47.2 Å². The van der Waals surface area contributed by atoms with Crippen molar-refractivity contribution in [2.45, 2.75) is 36.7 Å². The molecule has 4 aromatic carbocycles. The Morgan fingerprint density at radius 3 is 2.30 bits per heavy atom. The van der Waals surface area contributed by atoms with E-state index < -0.39 is 16.1 Å². The SMILES string of the molecule is CNC(=O)C(Cc1ccccc1)N(Cc1ccc(Br)cc1)C(=O)CCCN1c2cccc3cccc(c23)S1(=O)=O. The lowest BCUT2D eigenvalue weighted by atomic mass is 10.0. The Bertz CT molecular complexity index is 1640. The van der Waals surface area contributed by atoms with Gasteiger partial charge in [-0.1, -0.05) is 82.7 Å². The van der Waals surface area contributed by atoms with Gasteiger partial charge in [0, 0.05) is 42.8 Å². The number of carbonyl (C=O) groups is 2. The molecule has 1 aliphatic heterocycles. The first-order chi connectivity index (χ1) is 19.3. The molecule has 0 spiro atoms. The van der Waals surface area contributed by atoms with Crippen LogP contribution in [0.2, 0.25) is 0 Å². The van der Waals surface area contributed by atoms with E-state index in [-0.39, 0.29) is 31.3 Å². The summed E-state index contributed by atoms with van der Waals surface area (Å²) in [7, 11) is -2.14. The highest BCUT2D eigenvalue weighted by Gasteiger charge is 2.35. The Labute approximate surface area is 243 Å². The molecule has 0 saturated heterocycles. The fourth-order valence-electron chi connectivity index (χ4n) is 5.22. The van der Waals surface area contributed by atoms with E-state index in [4.69, 9.17) is 0 Å². The number of hydrogen-bond acceptors (Lipinski definition) is 4. The fourth-order valence-corrected chi connectivity index (χ4v) is 7.24. The second kappa shape index (κ2) is 11.8. The Morgan fingerprint density at radius 1 is 0.900 bits per heavy atom. The molecule has 0 radical (unpaired) electrons. The maximum absolute atomic E-state index is 13.8. The third-order valence-electron chi connectivity index (χ3n) is 7.22. The Kier molecular flexibility index (Phi) is 8.23.